The van der Waals surface area contributed by atoms with E-state index in [4.69, 9.17) is 15.6 Å². The molecule has 15 heteroatoms. The number of carbonyl (C=O) groups excluding carboxylic acids is 1. The molecule has 1 aliphatic carbocycles. The normalized spacial score (nSPS) is 13.9. The third-order valence-electron chi connectivity index (χ3n) is 5.94. The molecule has 0 radical (unpaired) electrons. The monoisotopic (exact) mass is 557 g/mol. The van der Waals surface area contributed by atoms with Crippen LogP contribution in [0.5, 0.6) is 0 Å². The van der Waals surface area contributed by atoms with E-state index in [0.29, 0.717) is 23.3 Å². The highest BCUT2D eigenvalue weighted by atomic mass is 32.2. The Morgan fingerprint density at radius 1 is 1.26 bits per heavy atom. The highest BCUT2D eigenvalue weighted by molar-refractivity contribution is 7.91. The van der Waals surface area contributed by atoms with E-state index in [2.05, 4.69) is 15.3 Å². The quantitative estimate of drug-likeness (QED) is 0.357. The fraction of sp³-hybridized carbons (Fsp3) is 0.391. The number of amides is 1. The number of carboxylic acid groups (broad SMARTS) is 1. The highest BCUT2D eigenvalue weighted by Crippen LogP contribution is 2.31. The summed E-state index contributed by atoms with van der Waals surface area (Å²) in [6, 6.07) is 6.91. The Morgan fingerprint density at radius 3 is 2.42 bits per heavy atom. The fourth-order valence-corrected chi connectivity index (χ4v) is 5.68. The Kier molecular flexibility index (Phi) is 8.19. The van der Waals surface area contributed by atoms with Crippen LogP contribution in [0, 0.1) is 12.8 Å². The summed E-state index contributed by atoms with van der Waals surface area (Å²) in [5.74, 6) is -2.49. The average molecular weight is 558 g/mol. The molecule has 38 heavy (non-hydrogen) atoms. The van der Waals surface area contributed by atoms with Gasteiger partial charge in [-0.25, -0.2) is 22.8 Å². The summed E-state index contributed by atoms with van der Waals surface area (Å²) in [6.45, 7) is 3.46. The zero-order chi connectivity index (χ0) is 28.4. The lowest BCUT2D eigenvalue weighted by molar-refractivity contribution is -0.192. The third kappa shape index (κ3) is 6.51. The molecule has 0 aliphatic heterocycles. The second-order valence-electron chi connectivity index (χ2n) is 8.91. The van der Waals surface area contributed by atoms with E-state index >= 15 is 0 Å². The van der Waals surface area contributed by atoms with E-state index in [1.54, 1.807) is 6.92 Å². The Labute approximate surface area is 214 Å². The number of aromatic amines is 1. The number of aromatic nitrogens is 3. The van der Waals surface area contributed by atoms with Crippen molar-refractivity contribution in [2.45, 2.75) is 50.7 Å². The van der Waals surface area contributed by atoms with Crippen LogP contribution in [-0.2, 0) is 26.0 Å². The number of pyridine rings is 1. The molecule has 1 saturated carbocycles. The molecule has 2 aromatic heterocycles. The predicted molar refractivity (Wildman–Crippen MR) is 131 cm³/mol. The van der Waals surface area contributed by atoms with E-state index in [9.17, 15) is 31.2 Å². The van der Waals surface area contributed by atoms with Crippen LogP contribution >= 0.6 is 0 Å². The minimum Gasteiger partial charge on any atom is -0.475 e. The SMILES string of the molecule is CC(=O)NCc1ccc2[nH]c(-n3c(C)cc(S(=O)(=O)CC4CCC4)c(N)c3=O)nc2c1.O=C(O)C(F)(F)F. The zero-order valence-corrected chi connectivity index (χ0v) is 21.2. The number of anilines is 1. The van der Waals surface area contributed by atoms with Gasteiger partial charge in [0.15, 0.2) is 9.84 Å². The van der Waals surface area contributed by atoms with E-state index in [0.717, 1.165) is 24.8 Å². The second kappa shape index (κ2) is 10.8. The van der Waals surface area contributed by atoms with Gasteiger partial charge in [0.2, 0.25) is 11.9 Å². The molecule has 5 N–H and O–H groups in total. The number of imidazole rings is 1. The first kappa shape index (κ1) is 28.7. The number of carbonyl (C=O) groups is 2. The maximum Gasteiger partial charge on any atom is 0.490 e. The van der Waals surface area contributed by atoms with Gasteiger partial charge in [0, 0.05) is 19.2 Å². The van der Waals surface area contributed by atoms with Gasteiger partial charge in [0.25, 0.3) is 5.56 Å². The molecule has 1 aromatic carbocycles. The summed E-state index contributed by atoms with van der Waals surface area (Å²) in [7, 11) is -3.64. The molecular weight excluding hydrogens is 531 g/mol. The van der Waals surface area contributed by atoms with Crippen LogP contribution in [0.1, 0.15) is 37.4 Å². The van der Waals surface area contributed by atoms with Crippen molar-refractivity contribution in [3.8, 4) is 5.95 Å². The van der Waals surface area contributed by atoms with Crippen molar-refractivity contribution in [2.75, 3.05) is 11.5 Å². The van der Waals surface area contributed by atoms with Crippen LogP contribution < -0.4 is 16.6 Å². The molecule has 3 aromatic rings. The minimum absolute atomic E-state index is 0.0157. The van der Waals surface area contributed by atoms with Crippen LogP contribution in [0.4, 0.5) is 18.9 Å². The standard InChI is InChI=1S/C21H25N5O4S.C2HF3O2/c1-12-8-18(31(29,30)11-14-4-3-5-14)19(22)20(28)26(12)21-24-16-7-6-15(9-17(16)25-21)10-23-13(2)27;3-2(4,5)1(6)7/h6-9,14H,3-5,10-11,22H2,1-2H3,(H,23,27)(H,24,25);(H,6,7). The number of aryl methyl sites for hydroxylation is 1. The predicted octanol–water partition coefficient (Wildman–Crippen LogP) is 2.45. The van der Waals surface area contributed by atoms with Crippen molar-refractivity contribution in [1.29, 1.82) is 0 Å². The number of carboxylic acids is 1. The smallest absolute Gasteiger partial charge is 0.475 e. The molecule has 11 nitrogen and oxygen atoms in total. The van der Waals surface area contributed by atoms with Crippen LogP contribution in [0.2, 0.25) is 0 Å². The van der Waals surface area contributed by atoms with E-state index in [1.165, 1.54) is 17.6 Å². The van der Waals surface area contributed by atoms with Gasteiger partial charge in [-0.3, -0.25) is 9.59 Å². The summed E-state index contributed by atoms with van der Waals surface area (Å²) in [5.41, 5.74) is 7.69. The number of hydrogen-bond donors (Lipinski definition) is 4. The van der Waals surface area contributed by atoms with E-state index in [1.807, 2.05) is 18.2 Å². The van der Waals surface area contributed by atoms with Crippen molar-refractivity contribution in [3.05, 3.63) is 45.9 Å². The Hall–Kier alpha value is -3.88. The summed E-state index contributed by atoms with van der Waals surface area (Å²) in [5, 5.41) is 9.85. The molecule has 206 valence electrons. The lowest BCUT2D eigenvalue weighted by Gasteiger charge is -2.25. The van der Waals surface area contributed by atoms with E-state index < -0.39 is 27.5 Å². The number of nitrogens with one attached hydrogen (secondary N) is 2. The van der Waals surface area contributed by atoms with Crippen LogP contribution in [0.25, 0.3) is 17.0 Å². The first-order valence-electron chi connectivity index (χ1n) is 11.4. The van der Waals surface area contributed by atoms with Gasteiger partial charge in [-0.2, -0.15) is 13.2 Å². The number of hydrogen-bond acceptors (Lipinski definition) is 7. The lowest BCUT2D eigenvalue weighted by atomic mass is 9.87. The summed E-state index contributed by atoms with van der Waals surface area (Å²) in [4.78, 5) is 40.5. The fourth-order valence-electron chi connectivity index (χ4n) is 3.78. The molecule has 0 bridgehead atoms. The van der Waals surface area contributed by atoms with E-state index in [-0.39, 0.29) is 34.1 Å². The van der Waals surface area contributed by atoms with Crippen molar-refractivity contribution < 1.29 is 36.3 Å². The highest BCUT2D eigenvalue weighted by Gasteiger charge is 2.38. The van der Waals surface area contributed by atoms with Gasteiger partial charge >= 0.3 is 12.1 Å². The number of aliphatic carboxylic acids is 1. The topological polar surface area (TPSA) is 177 Å². The summed E-state index contributed by atoms with van der Waals surface area (Å²) < 4.78 is 58.6. The lowest BCUT2D eigenvalue weighted by Crippen LogP contribution is -2.29. The number of nitrogens with two attached hydrogens (primary N) is 1. The van der Waals surface area contributed by atoms with Gasteiger partial charge in [0.05, 0.1) is 21.7 Å². The second-order valence-corrected chi connectivity index (χ2v) is 10.9. The number of halogens is 3. The molecule has 1 fully saturated rings. The maximum atomic E-state index is 13.0. The summed E-state index contributed by atoms with van der Waals surface area (Å²) in [6.07, 6.45) is -2.27. The number of benzene rings is 1. The molecule has 0 spiro atoms. The molecular formula is C23H26F3N5O6S. The van der Waals surface area contributed by atoms with Crippen molar-refractivity contribution in [3.63, 3.8) is 0 Å². The molecule has 2 heterocycles. The average Bonchev–Trinajstić information content (AvgIpc) is 3.20. The van der Waals surface area contributed by atoms with Gasteiger partial charge in [-0.05, 0) is 49.4 Å². The molecule has 0 unspecified atom stereocenters. The Morgan fingerprint density at radius 2 is 1.89 bits per heavy atom. The van der Waals surface area contributed by atoms with Crippen molar-refractivity contribution >= 4 is 38.4 Å². The number of nitrogens with zero attached hydrogens (tertiary/aromatic N) is 2. The largest absolute Gasteiger partial charge is 0.490 e. The Balaban J connectivity index is 0.000000505. The van der Waals surface area contributed by atoms with Gasteiger partial charge in [-0.15, -0.1) is 0 Å². The first-order valence-corrected chi connectivity index (χ1v) is 13.0. The van der Waals surface area contributed by atoms with Gasteiger partial charge in [-0.1, -0.05) is 12.5 Å². The number of rotatable bonds is 6. The number of H-pyrrole nitrogens is 1. The van der Waals surface area contributed by atoms with Crippen molar-refractivity contribution in [1.82, 2.24) is 19.9 Å². The number of nitrogen functional groups attached to an aromatic ring is 1. The Bertz CT molecular complexity index is 1540. The summed E-state index contributed by atoms with van der Waals surface area (Å²) >= 11 is 0. The first-order chi connectivity index (χ1) is 17.6. The molecule has 0 atom stereocenters. The molecule has 0 saturated heterocycles. The van der Waals surface area contributed by atoms with Crippen LogP contribution in [-0.4, -0.2) is 51.9 Å². The third-order valence-corrected chi connectivity index (χ3v) is 7.86. The molecule has 4 rings (SSSR count). The number of fused-ring (bicyclic) bond motifs is 1. The maximum absolute atomic E-state index is 13.0. The molecule has 1 aliphatic rings. The van der Waals surface area contributed by atoms with Crippen LogP contribution in [0.3, 0.4) is 0 Å². The van der Waals surface area contributed by atoms with Crippen molar-refractivity contribution in [2.24, 2.45) is 5.92 Å². The minimum atomic E-state index is -5.08. The zero-order valence-electron chi connectivity index (χ0n) is 20.4. The molecule has 1 amide bonds. The number of sulfone groups is 1. The van der Waals surface area contributed by atoms with Gasteiger partial charge in [0.1, 0.15) is 5.69 Å². The van der Waals surface area contributed by atoms with Gasteiger partial charge < -0.3 is 21.1 Å². The van der Waals surface area contributed by atoms with Crippen LogP contribution in [0.15, 0.2) is 34.0 Å². The number of alkyl halides is 3.